The summed E-state index contributed by atoms with van der Waals surface area (Å²) in [6, 6.07) is 15.6. The van der Waals surface area contributed by atoms with Gasteiger partial charge in [-0.15, -0.1) is 0 Å². The highest BCUT2D eigenvalue weighted by molar-refractivity contribution is 7.97. The molecule has 164 valence electrons. The van der Waals surface area contributed by atoms with Crippen molar-refractivity contribution < 1.29 is 35.1 Å². The van der Waals surface area contributed by atoms with Crippen LogP contribution in [0.2, 0.25) is 0 Å². The van der Waals surface area contributed by atoms with Crippen molar-refractivity contribution in [2.75, 3.05) is 0 Å². The first-order valence-electron chi connectivity index (χ1n) is 8.84. The van der Waals surface area contributed by atoms with Crippen LogP contribution in [-0.4, -0.2) is 12.4 Å². The molecule has 0 N–H and O–H groups in total. The minimum atomic E-state index is -6.18. The van der Waals surface area contributed by atoms with Crippen molar-refractivity contribution in [3.05, 3.63) is 89.7 Å². The second-order valence-corrected chi connectivity index (χ2v) is 8.78. The first-order valence-corrected chi connectivity index (χ1v) is 10.1. The highest BCUT2D eigenvalue weighted by Crippen LogP contribution is 2.53. The van der Waals surface area contributed by atoms with Crippen LogP contribution in [-0.2, 0) is 16.6 Å². The summed E-state index contributed by atoms with van der Waals surface area (Å²) in [5.41, 5.74) is -6.10. The molecule has 9 heteroatoms. The normalized spacial score (nSPS) is 13.8. The van der Waals surface area contributed by atoms with Gasteiger partial charge in [-0.2, -0.15) is 26.3 Å². The molecule has 0 fully saturated rings. The molecule has 0 saturated carbocycles. The van der Waals surface area contributed by atoms with Crippen LogP contribution in [0.25, 0.3) is 0 Å². The molecule has 3 aromatic carbocycles. The Morgan fingerprint density at radius 3 is 1.29 bits per heavy atom. The summed E-state index contributed by atoms with van der Waals surface area (Å²) in [5.74, 6) is -0.496. The van der Waals surface area contributed by atoms with Crippen LogP contribution in [0, 0.1) is 12.7 Å². The van der Waals surface area contributed by atoms with Crippen molar-refractivity contribution >= 4 is 10.9 Å². The van der Waals surface area contributed by atoms with Gasteiger partial charge in [0.15, 0.2) is 14.7 Å². The highest BCUT2D eigenvalue weighted by atomic mass is 32.2. The molecular formula is C22H15F8S+. The quantitative estimate of drug-likeness (QED) is 0.277. The maximum atomic E-state index is 14.3. The fourth-order valence-electron chi connectivity index (χ4n) is 2.96. The molecule has 0 aliphatic carbocycles. The van der Waals surface area contributed by atoms with Gasteiger partial charge in [-0.25, -0.2) is 8.78 Å². The lowest BCUT2D eigenvalue weighted by Crippen LogP contribution is -2.50. The van der Waals surface area contributed by atoms with Crippen LogP contribution in [0.1, 0.15) is 11.1 Å². The lowest BCUT2D eigenvalue weighted by Gasteiger charge is -2.30. The smallest absolute Gasteiger partial charge is 0.218 e. The molecule has 0 radical (unpaired) electrons. The van der Waals surface area contributed by atoms with Crippen molar-refractivity contribution in [2.24, 2.45) is 0 Å². The van der Waals surface area contributed by atoms with E-state index in [1.165, 1.54) is 24.3 Å². The number of hydrogen-bond donors (Lipinski definition) is 0. The van der Waals surface area contributed by atoms with E-state index in [0.717, 1.165) is 17.7 Å². The molecule has 0 heterocycles. The lowest BCUT2D eigenvalue weighted by atomic mass is 9.94. The van der Waals surface area contributed by atoms with Crippen molar-refractivity contribution in [1.29, 1.82) is 0 Å². The van der Waals surface area contributed by atoms with Crippen molar-refractivity contribution in [2.45, 2.75) is 39.6 Å². The van der Waals surface area contributed by atoms with E-state index in [0.29, 0.717) is 26.8 Å². The van der Waals surface area contributed by atoms with Crippen molar-refractivity contribution in [3.8, 4) is 0 Å². The summed E-state index contributed by atoms with van der Waals surface area (Å²) in [4.78, 5) is 1.66. The summed E-state index contributed by atoms with van der Waals surface area (Å²) in [6.07, 6.45) is -12.4. The molecular weight excluding hydrogens is 448 g/mol. The molecule has 1 unspecified atom stereocenters. The van der Waals surface area contributed by atoms with Gasteiger partial charge in [-0.1, -0.05) is 29.8 Å². The summed E-state index contributed by atoms with van der Waals surface area (Å²) in [5, 5.41) is 0. The summed E-state index contributed by atoms with van der Waals surface area (Å²) in [7, 11) is -0.960. The maximum absolute atomic E-state index is 14.3. The number of halogens is 8. The van der Waals surface area contributed by atoms with Gasteiger partial charge in [0.2, 0.25) is 0 Å². The van der Waals surface area contributed by atoms with E-state index in [4.69, 9.17) is 0 Å². The van der Waals surface area contributed by atoms with Gasteiger partial charge in [-0.05, 0) is 55.5 Å². The minimum absolute atomic E-state index is 0.353. The van der Waals surface area contributed by atoms with Crippen molar-refractivity contribution in [1.82, 2.24) is 0 Å². The third-order valence-electron chi connectivity index (χ3n) is 4.58. The van der Waals surface area contributed by atoms with E-state index in [-0.39, 0.29) is 0 Å². The third-order valence-corrected chi connectivity index (χ3v) is 6.81. The van der Waals surface area contributed by atoms with Gasteiger partial charge in [0, 0.05) is 5.56 Å². The monoisotopic (exact) mass is 463 g/mol. The van der Waals surface area contributed by atoms with Gasteiger partial charge in [-0.3, -0.25) is 0 Å². The molecule has 0 saturated heterocycles. The van der Waals surface area contributed by atoms with Crippen LogP contribution < -0.4 is 0 Å². The van der Waals surface area contributed by atoms with E-state index in [2.05, 4.69) is 0 Å². The van der Waals surface area contributed by atoms with Crippen LogP contribution in [0.3, 0.4) is 0 Å². The Balaban J connectivity index is 2.11. The number of rotatable bonds is 4. The summed E-state index contributed by atoms with van der Waals surface area (Å²) < 4.78 is 106. The minimum Gasteiger partial charge on any atom is -0.218 e. The predicted molar refractivity (Wildman–Crippen MR) is 101 cm³/mol. The molecule has 0 bridgehead atoms. The first-order chi connectivity index (χ1) is 14.3. The Morgan fingerprint density at radius 1 is 0.548 bits per heavy atom. The maximum Gasteiger partial charge on any atom is 0.435 e. The Kier molecular flexibility index (Phi) is 6.10. The zero-order valence-electron chi connectivity index (χ0n) is 15.9. The number of benzene rings is 3. The molecule has 1 atom stereocenters. The standard InChI is InChI=1S/C22H15F8S/c1-14-2-8-17(9-3-14)31(19-12-6-16(23)7-13-19)18-10-4-15(5-11-18)20(24,21(25,26)27)22(28,29)30/h2-13H,1H3/q+1. The van der Waals surface area contributed by atoms with Crippen LogP contribution in [0.15, 0.2) is 87.5 Å². The van der Waals surface area contributed by atoms with Gasteiger partial charge in [0.05, 0.1) is 10.9 Å². The highest BCUT2D eigenvalue weighted by Gasteiger charge is 2.73. The van der Waals surface area contributed by atoms with E-state index >= 15 is 0 Å². The molecule has 31 heavy (non-hydrogen) atoms. The van der Waals surface area contributed by atoms with E-state index in [1.54, 1.807) is 24.3 Å². The summed E-state index contributed by atoms with van der Waals surface area (Å²) >= 11 is 0. The molecule has 0 spiro atoms. The predicted octanol–water partition coefficient (Wildman–Crippen LogP) is 7.52. The molecule has 3 rings (SSSR count). The third kappa shape index (κ3) is 4.42. The van der Waals surface area contributed by atoms with Crippen LogP contribution >= 0.6 is 0 Å². The van der Waals surface area contributed by atoms with E-state index in [1.807, 2.05) is 6.92 Å². The Morgan fingerprint density at radius 2 is 0.903 bits per heavy atom. The Hall–Kier alpha value is -2.55. The van der Waals surface area contributed by atoms with Gasteiger partial charge in [0.1, 0.15) is 5.82 Å². The number of alkyl halides is 7. The zero-order chi connectivity index (χ0) is 23.0. The van der Waals surface area contributed by atoms with Crippen LogP contribution in [0.4, 0.5) is 35.1 Å². The van der Waals surface area contributed by atoms with Gasteiger partial charge < -0.3 is 0 Å². The molecule has 0 aromatic heterocycles. The summed E-state index contributed by atoms with van der Waals surface area (Å²) in [6.45, 7) is 1.85. The Bertz CT molecular complexity index is 960. The van der Waals surface area contributed by atoms with E-state index in [9.17, 15) is 35.1 Å². The van der Waals surface area contributed by atoms with Crippen molar-refractivity contribution in [3.63, 3.8) is 0 Å². The number of hydrogen-bond acceptors (Lipinski definition) is 0. The Labute approximate surface area is 175 Å². The van der Waals surface area contributed by atoms with Crippen LogP contribution in [0.5, 0.6) is 0 Å². The first kappa shape index (κ1) is 23.1. The fraction of sp³-hybridized carbons (Fsp3) is 0.182. The average Bonchev–Trinajstić information content (AvgIpc) is 2.69. The largest absolute Gasteiger partial charge is 0.435 e. The molecule has 3 aromatic rings. The van der Waals surface area contributed by atoms with E-state index < -0.39 is 40.3 Å². The van der Waals surface area contributed by atoms with Gasteiger partial charge in [0.25, 0.3) is 0 Å². The fourth-order valence-corrected chi connectivity index (χ4v) is 5.00. The average molecular weight is 463 g/mol. The molecule has 0 amide bonds. The molecule has 0 nitrogen and oxygen atoms in total. The topological polar surface area (TPSA) is 0 Å². The second kappa shape index (κ2) is 8.18. The number of aryl methyl sites for hydroxylation is 1. The molecule has 0 aliphatic rings. The SMILES string of the molecule is Cc1ccc([S+](c2ccc(F)cc2)c2ccc(C(F)(C(F)(F)F)C(F)(F)F)cc2)cc1. The molecule has 0 aliphatic heterocycles. The second-order valence-electron chi connectivity index (χ2n) is 6.75. The zero-order valence-corrected chi connectivity index (χ0v) is 16.7. The van der Waals surface area contributed by atoms with Gasteiger partial charge >= 0.3 is 18.0 Å². The lowest BCUT2D eigenvalue weighted by molar-refractivity contribution is -0.348.